The van der Waals surface area contributed by atoms with Gasteiger partial charge in [0.1, 0.15) is 19.3 Å². The largest absolute Gasteiger partial charge is 0.472 e. The molecule has 88 heavy (non-hydrogen) atoms. The van der Waals surface area contributed by atoms with Crippen LogP contribution in [0.3, 0.4) is 0 Å². The van der Waals surface area contributed by atoms with Crippen molar-refractivity contribution in [1.82, 2.24) is 0 Å². The Morgan fingerprint density at radius 2 is 0.545 bits per heavy atom. The second-order valence-corrected chi connectivity index (χ2v) is 29.5. The minimum atomic E-state index is -4.95. The fraction of sp³-hybridized carbons (Fsp3) is 0.942. The number of aliphatic hydroxyl groups excluding tert-OH is 1. The van der Waals surface area contributed by atoms with Crippen LogP contribution in [0.2, 0.25) is 0 Å². The summed E-state index contributed by atoms with van der Waals surface area (Å²) in [5.41, 5.74) is 0. The molecule has 0 spiro atoms. The van der Waals surface area contributed by atoms with Gasteiger partial charge >= 0.3 is 39.5 Å². The molecule has 0 amide bonds. The van der Waals surface area contributed by atoms with Crippen LogP contribution in [0.15, 0.2) is 0 Å². The molecule has 0 aliphatic rings. The molecule has 3 N–H and O–H groups in total. The van der Waals surface area contributed by atoms with Gasteiger partial charge in [0, 0.05) is 25.7 Å². The van der Waals surface area contributed by atoms with E-state index in [1.165, 1.54) is 135 Å². The third-order valence-corrected chi connectivity index (χ3v) is 18.1. The van der Waals surface area contributed by atoms with Gasteiger partial charge < -0.3 is 33.8 Å². The molecule has 0 heterocycles. The Hall–Kier alpha value is -1.94. The Balaban J connectivity index is 5.26. The number of phosphoric acid groups is 2. The molecule has 522 valence electrons. The number of aliphatic hydroxyl groups is 1. The Morgan fingerprint density at radius 1 is 0.318 bits per heavy atom. The molecule has 19 heteroatoms. The maximum Gasteiger partial charge on any atom is 0.472 e. The number of rotatable bonds is 66. The van der Waals surface area contributed by atoms with Crippen molar-refractivity contribution in [1.29, 1.82) is 0 Å². The van der Waals surface area contributed by atoms with Gasteiger partial charge in [-0.15, -0.1) is 0 Å². The molecule has 0 aliphatic heterocycles. The maximum atomic E-state index is 13.0. The first-order chi connectivity index (χ1) is 42.1. The molecule has 0 bridgehead atoms. The molecule has 17 nitrogen and oxygen atoms in total. The summed E-state index contributed by atoms with van der Waals surface area (Å²) in [6.07, 6.45) is 40.3. The minimum absolute atomic E-state index is 0.104. The lowest BCUT2D eigenvalue weighted by Crippen LogP contribution is -2.30. The summed E-state index contributed by atoms with van der Waals surface area (Å²) in [6, 6.07) is 0. The van der Waals surface area contributed by atoms with E-state index in [-0.39, 0.29) is 25.7 Å². The Kier molecular flexibility index (Phi) is 57.6. The van der Waals surface area contributed by atoms with E-state index in [4.69, 9.17) is 37.0 Å². The zero-order valence-electron chi connectivity index (χ0n) is 57.3. The highest BCUT2D eigenvalue weighted by molar-refractivity contribution is 7.47. The smallest absolute Gasteiger partial charge is 0.462 e. The third-order valence-electron chi connectivity index (χ3n) is 16.2. The van der Waals surface area contributed by atoms with Gasteiger partial charge in [-0.2, -0.15) is 0 Å². The van der Waals surface area contributed by atoms with Crippen LogP contribution in [0.5, 0.6) is 0 Å². The zero-order chi connectivity index (χ0) is 65.4. The lowest BCUT2D eigenvalue weighted by Gasteiger charge is -2.21. The molecule has 0 aromatic rings. The van der Waals surface area contributed by atoms with Gasteiger partial charge in [0.15, 0.2) is 12.2 Å². The molecule has 0 radical (unpaired) electrons. The number of esters is 4. The summed E-state index contributed by atoms with van der Waals surface area (Å²) in [5, 5.41) is 10.6. The third kappa shape index (κ3) is 61.6. The average molecular weight is 1300 g/mol. The highest BCUT2D eigenvalue weighted by Gasteiger charge is 2.30. The first kappa shape index (κ1) is 86.1. The van der Waals surface area contributed by atoms with Crippen LogP contribution in [0, 0.1) is 23.7 Å². The number of hydrogen-bond acceptors (Lipinski definition) is 15. The number of ether oxygens (including phenoxy) is 4. The lowest BCUT2D eigenvalue weighted by atomic mass is 10.00. The molecule has 0 aromatic carbocycles. The topological polar surface area (TPSA) is 237 Å². The summed E-state index contributed by atoms with van der Waals surface area (Å²) >= 11 is 0. The van der Waals surface area contributed by atoms with Gasteiger partial charge in [-0.1, -0.05) is 287 Å². The quantitative estimate of drug-likeness (QED) is 0.0222. The van der Waals surface area contributed by atoms with Crippen molar-refractivity contribution < 1.29 is 80.2 Å². The summed E-state index contributed by atoms with van der Waals surface area (Å²) in [6.45, 7) is 14.1. The van der Waals surface area contributed by atoms with E-state index in [2.05, 4.69) is 55.4 Å². The average Bonchev–Trinajstić information content (AvgIpc) is 3.52. The molecular formula is C69H134O17P2. The van der Waals surface area contributed by atoms with Crippen LogP contribution in [0.1, 0.15) is 338 Å². The summed E-state index contributed by atoms with van der Waals surface area (Å²) in [5.74, 6) is 0.838. The molecule has 0 rings (SSSR count). The predicted molar refractivity (Wildman–Crippen MR) is 354 cm³/mol. The van der Waals surface area contributed by atoms with Crippen molar-refractivity contribution in [2.24, 2.45) is 23.7 Å². The van der Waals surface area contributed by atoms with Gasteiger partial charge in [0.05, 0.1) is 26.4 Å². The van der Waals surface area contributed by atoms with Gasteiger partial charge in [-0.3, -0.25) is 37.3 Å². The highest BCUT2D eigenvalue weighted by atomic mass is 31.2. The van der Waals surface area contributed by atoms with Gasteiger partial charge in [-0.05, 0) is 49.4 Å². The molecular weight excluding hydrogens is 1160 g/mol. The van der Waals surface area contributed by atoms with Crippen molar-refractivity contribution in [2.75, 3.05) is 39.6 Å². The van der Waals surface area contributed by atoms with E-state index < -0.39 is 97.5 Å². The molecule has 0 aromatic heterocycles. The van der Waals surface area contributed by atoms with Crippen molar-refractivity contribution >= 4 is 39.5 Å². The SMILES string of the molecule is CCC(C)CCCCCCCCC(=O)OC[C@H](COP(=O)(O)OC[C@H](O)COP(=O)(O)OC[C@@H](COC(=O)CCCCCCCCCCC(C)C)OC(=O)CCCCCCCCCCCC(C)C)OC(=O)CCCCCCCCCCCCCCC(C)C. The molecule has 6 atom stereocenters. The van der Waals surface area contributed by atoms with Crippen LogP contribution >= 0.6 is 15.6 Å². The second-order valence-electron chi connectivity index (χ2n) is 26.6. The number of carbonyl (C=O) groups excluding carboxylic acids is 4. The van der Waals surface area contributed by atoms with Crippen LogP contribution in [0.25, 0.3) is 0 Å². The summed E-state index contributed by atoms with van der Waals surface area (Å²) in [4.78, 5) is 72.5. The predicted octanol–water partition coefficient (Wildman–Crippen LogP) is 19.3. The number of hydrogen-bond donors (Lipinski definition) is 3. The molecule has 0 saturated heterocycles. The molecule has 0 fully saturated rings. The van der Waals surface area contributed by atoms with Crippen LogP contribution in [0.4, 0.5) is 0 Å². The van der Waals surface area contributed by atoms with Crippen LogP contribution in [-0.4, -0.2) is 96.7 Å². The minimum Gasteiger partial charge on any atom is -0.462 e. The first-order valence-electron chi connectivity index (χ1n) is 35.7. The van der Waals surface area contributed by atoms with E-state index in [1.54, 1.807) is 0 Å². The molecule has 3 unspecified atom stereocenters. The fourth-order valence-corrected chi connectivity index (χ4v) is 11.9. The monoisotopic (exact) mass is 1300 g/mol. The number of phosphoric ester groups is 2. The van der Waals surface area contributed by atoms with Gasteiger partial charge in [-0.25, -0.2) is 9.13 Å². The normalized spacial score (nSPS) is 14.6. The number of unbranched alkanes of at least 4 members (excludes halogenated alkanes) is 31. The van der Waals surface area contributed by atoms with Crippen molar-refractivity contribution in [3.8, 4) is 0 Å². The summed E-state index contributed by atoms with van der Waals surface area (Å²) in [7, 11) is -9.90. The molecule has 0 aliphatic carbocycles. The lowest BCUT2D eigenvalue weighted by molar-refractivity contribution is -0.161. The van der Waals surface area contributed by atoms with Crippen LogP contribution in [-0.2, 0) is 65.4 Å². The number of carbonyl (C=O) groups is 4. The van der Waals surface area contributed by atoms with E-state index in [9.17, 15) is 43.2 Å². The van der Waals surface area contributed by atoms with Crippen molar-refractivity contribution in [3.63, 3.8) is 0 Å². The van der Waals surface area contributed by atoms with E-state index >= 15 is 0 Å². The summed E-state index contributed by atoms with van der Waals surface area (Å²) < 4.78 is 68.2. The standard InChI is InChI=1S/C69H134O17P2/c1-9-62(8)48-40-32-27-28-34-42-50-67(72)80-56-65(86-68(73)51-43-35-25-17-13-11-10-12-15-21-29-37-45-59(2)3)58-84-88(77,78)82-54-63(70)53-81-87(75,76)83-57-64(55-79-66(71)49-41-33-24-20-19-23-31-39-47-61(6)7)85-69(74)52-44-36-26-18-14-16-22-30-38-46-60(4)5/h59-65,70H,9-58H2,1-8H3,(H,75,76)(H,77,78)/t62?,63-,64-,65-/m1/s1. The van der Waals surface area contributed by atoms with Gasteiger partial charge in [0.2, 0.25) is 0 Å². The Morgan fingerprint density at radius 3 is 0.807 bits per heavy atom. The van der Waals surface area contributed by atoms with Gasteiger partial charge in [0.25, 0.3) is 0 Å². The fourth-order valence-electron chi connectivity index (χ4n) is 10.3. The zero-order valence-corrected chi connectivity index (χ0v) is 59.1. The second kappa shape index (κ2) is 58.8. The Labute approximate surface area is 537 Å². The molecule has 0 saturated carbocycles. The van der Waals surface area contributed by atoms with Crippen molar-refractivity contribution in [2.45, 2.75) is 356 Å². The first-order valence-corrected chi connectivity index (χ1v) is 38.7. The van der Waals surface area contributed by atoms with E-state index in [0.717, 1.165) is 120 Å². The maximum absolute atomic E-state index is 13.0. The van der Waals surface area contributed by atoms with Crippen molar-refractivity contribution in [3.05, 3.63) is 0 Å². The van der Waals surface area contributed by atoms with Crippen LogP contribution < -0.4 is 0 Å². The Bertz CT molecular complexity index is 1750. The van der Waals surface area contributed by atoms with E-state index in [1.807, 2.05) is 0 Å². The highest BCUT2D eigenvalue weighted by Crippen LogP contribution is 2.45. The van der Waals surface area contributed by atoms with E-state index in [0.29, 0.717) is 25.7 Å².